The van der Waals surface area contributed by atoms with Gasteiger partial charge < -0.3 is 14.2 Å². The number of esters is 1. The molecule has 0 atom stereocenters. The van der Waals surface area contributed by atoms with E-state index in [-0.39, 0.29) is 29.4 Å². The highest BCUT2D eigenvalue weighted by atomic mass is 32.1. The Hall–Kier alpha value is -2.50. The third kappa shape index (κ3) is 6.80. The average Bonchev–Trinajstić information content (AvgIpc) is 3.04. The van der Waals surface area contributed by atoms with Gasteiger partial charge in [0.1, 0.15) is 13.2 Å². The number of hydrogen-bond acceptors (Lipinski definition) is 5. The van der Waals surface area contributed by atoms with Crippen LogP contribution < -0.4 is 4.74 Å². The van der Waals surface area contributed by atoms with Crippen LogP contribution in [0.5, 0.6) is 5.75 Å². The number of halogens is 3. The number of carbonyl (C=O) groups excluding carboxylic acids is 1. The highest BCUT2D eigenvalue weighted by Crippen LogP contribution is 2.32. The number of ether oxygens (including phenoxy) is 3. The molecule has 156 valence electrons. The molecule has 0 aliphatic carbocycles. The minimum Gasteiger partial charge on any atom is -0.486 e. The summed E-state index contributed by atoms with van der Waals surface area (Å²) in [6.45, 7) is 5.91. The number of alkyl halides is 3. The Bertz CT molecular complexity index is 897. The van der Waals surface area contributed by atoms with Crippen LogP contribution in [0.3, 0.4) is 0 Å². The maximum Gasteiger partial charge on any atom is 0.416 e. The Balaban J connectivity index is 2.18. The predicted octanol–water partition coefficient (Wildman–Crippen LogP) is 5.30. The first kappa shape index (κ1) is 22.8. The van der Waals surface area contributed by atoms with Gasteiger partial charge in [-0.1, -0.05) is 24.0 Å². The molecule has 2 rings (SSSR count). The summed E-state index contributed by atoms with van der Waals surface area (Å²) in [6, 6.07) is 4.63. The molecule has 0 amide bonds. The van der Waals surface area contributed by atoms with E-state index in [1.165, 1.54) is 19.2 Å². The van der Waals surface area contributed by atoms with Crippen molar-refractivity contribution in [1.82, 2.24) is 0 Å². The Labute approximate surface area is 171 Å². The van der Waals surface area contributed by atoms with Gasteiger partial charge in [-0.15, -0.1) is 11.3 Å². The van der Waals surface area contributed by atoms with Crippen molar-refractivity contribution in [3.05, 3.63) is 51.2 Å². The fraction of sp³-hybridized carbons (Fsp3) is 0.381. The quantitative estimate of drug-likeness (QED) is 0.481. The van der Waals surface area contributed by atoms with E-state index in [0.717, 1.165) is 23.5 Å². The van der Waals surface area contributed by atoms with Crippen molar-refractivity contribution in [3.8, 4) is 17.6 Å². The van der Waals surface area contributed by atoms with E-state index in [1.54, 1.807) is 5.38 Å². The first-order valence-electron chi connectivity index (χ1n) is 8.63. The smallest absolute Gasteiger partial charge is 0.416 e. The third-order valence-corrected chi connectivity index (χ3v) is 4.52. The number of hydrogen-bond donors (Lipinski definition) is 0. The molecule has 4 nitrogen and oxygen atoms in total. The van der Waals surface area contributed by atoms with Gasteiger partial charge in [-0.25, -0.2) is 4.79 Å². The molecular formula is C21H21F3O4S. The number of methoxy groups -OCH3 is 1. The second kappa shape index (κ2) is 9.33. The van der Waals surface area contributed by atoms with Crippen molar-refractivity contribution >= 4 is 17.3 Å². The van der Waals surface area contributed by atoms with E-state index in [0.29, 0.717) is 11.1 Å². The highest BCUT2D eigenvalue weighted by molar-refractivity contribution is 7.12. The molecule has 8 heteroatoms. The van der Waals surface area contributed by atoms with E-state index in [2.05, 4.69) is 11.8 Å². The number of carbonyl (C=O) groups is 1. The molecule has 1 heterocycles. The van der Waals surface area contributed by atoms with Crippen LogP contribution in [0.1, 0.15) is 47.1 Å². The first-order chi connectivity index (χ1) is 13.5. The molecule has 0 radical (unpaired) electrons. The summed E-state index contributed by atoms with van der Waals surface area (Å²) >= 11 is 1.12. The highest BCUT2D eigenvalue weighted by Gasteiger charge is 2.30. The molecule has 0 aliphatic rings. The molecule has 0 saturated carbocycles. The van der Waals surface area contributed by atoms with E-state index in [4.69, 9.17) is 14.2 Å². The zero-order valence-electron chi connectivity index (χ0n) is 16.5. The van der Waals surface area contributed by atoms with E-state index in [9.17, 15) is 18.0 Å². The van der Waals surface area contributed by atoms with Gasteiger partial charge in [0.25, 0.3) is 0 Å². The van der Waals surface area contributed by atoms with E-state index < -0.39 is 17.7 Å². The third-order valence-electron chi connectivity index (χ3n) is 3.58. The largest absolute Gasteiger partial charge is 0.486 e. The molecule has 1 aromatic heterocycles. The lowest BCUT2D eigenvalue weighted by molar-refractivity contribution is -0.137. The maximum atomic E-state index is 12.7. The van der Waals surface area contributed by atoms with Crippen LogP contribution in [0, 0.1) is 11.8 Å². The molecule has 0 unspecified atom stereocenters. The molecule has 0 aliphatic heterocycles. The lowest BCUT2D eigenvalue weighted by Gasteiger charge is -2.16. The molecule has 0 spiro atoms. The fourth-order valence-electron chi connectivity index (χ4n) is 2.14. The number of benzene rings is 1. The average molecular weight is 426 g/mol. The second-order valence-electron chi connectivity index (χ2n) is 6.99. The summed E-state index contributed by atoms with van der Waals surface area (Å²) in [4.78, 5) is 12.2. The molecular weight excluding hydrogens is 405 g/mol. The van der Waals surface area contributed by atoms with E-state index in [1.807, 2.05) is 20.8 Å². The van der Waals surface area contributed by atoms with Gasteiger partial charge in [-0.05, 0) is 38.5 Å². The predicted molar refractivity (Wildman–Crippen MR) is 104 cm³/mol. The number of thiophene rings is 1. The number of rotatable bonds is 5. The molecule has 29 heavy (non-hydrogen) atoms. The van der Waals surface area contributed by atoms with Gasteiger partial charge in [0.2, 0.25) is 0 Å². The Morgan fingerprint density at radius 2 is 1.79 bits per heavy atom. The van der Waals surface area contributed by atoms with Crippen LogP contribution in [-0.4, -0.2) is 25.3 Å². The molecule has 0 fully saturated rings. The van der Waals surface area contributed by atoms with Gasteiger partial charge >= 0.3 is 12.1 Å². The lowest BCUT2D eigenvalue weighted by Crippen LogP contribution is -2.19. The van der Waals surface area contributed by atoms with Crippen molar-refractivity contribution in [2.75, 3.05) is 13.7 Å². The summed E-state index contributed by atoms with van der Waals surface area (Å²) in [7, 11) is 1.25. The SMILES string of the molecule is COC(=O)c1scc(C#CCOC(C)(C)C)c1OCc1ccc(C(F)(F)F)cc1. The molecule has 0 saturated heterocycles. The molecule has 0 bridgehead atoms. The standard InChI is InChI=1S/C21H21F3O4S/c1-20(2,3)28-11-5-6-15-13-29-18(19(25)26-4)17(15)27-12-14-7-9-16(10-8-14)21(22,23)24/h7-10,13H,11-12H2,1-4H3. The lowest BCUT2D eigenvalue weighted by atomic mass is 10.1. The second-order valence-corrected chi connectivity index (χ2v) is 7.87. The van der Waals surface area contributed by atoms with Crippen molar-refractivity contribution in [2.45, 2.75) is 39.2 Å². The zero-order valence-corrected chi connectivity index (χ0v) is 17.3. The summed E-state index contributed by atoms with van der Waals surface area (Å²) in [6.07, 6.45) is -4.40. The normalized spacial score (nSPS) is 11.6. The van der Waals surface area contributed by atoms with Crippen LogP contribution in [0.15, 0.2) is 29.6 Å². The molecule has 1 aromatic carbocycles. The van der Waals surface area contributed by atoms with Gasteiger partial charge in [0, 0.05) is 5.38 Å². The Morgan fingerprint density at radius 1 is 1.14 bits per heavy atom. The monoisotopic (exact) mass is 426 g/mol. The van der Waals surface area contributed by atoms with Crippen LogP contribution in [-0.2, 0) is 22.3 Å². The first-order valence-corrected chi connectivity index (χ1v) is 9.51. The van der Waals surface area contributed by atoms with Crippen LogP contribution >= 0.6 is 11.3 Å². The summed E-state index contributed by atoms with van der Waals surface area (Å²) in [5.41, 5.74) is -0.0603. The summed E-state index contributed by atoms with van der Waals surface area (Å²) in [5, 5.41) is 1.67. The van der Waals surface area contributed by atoms with Crippen LogP contribution in [0.4, 0.5) is 13.2 Å². The van der Waals surface area contributed by atoms with Crippen LogP contribution in [0.25, 0.3) is 0 Å². The van der Waals surface area contributed by atoms with Crippen molar-refractivity contribution in [2.24, 2.45) is 0 Å². The fourth-order valence-corrected chi connectivity index (χ4v) is 3.00. The molecule has 0 N–H and O–H groups in total. The Morgan fingerprint density at radius 3 is 2.34 bits per heavy atom. The van der Waals surface area contributed by atoms with Crippen molar-refractivity contribution in [1.29, 1.82) is 0 Å². The minimum atomic E-state index is -4.40. The van der Waals surface area contributed by atoms with Crippen LogP contribution in [0.2, 0.25) is 0 Å². The Kier molecular flexibility index (Phi) is 7.33. The van der Waals surface area contributed by atoms with Gasteiger partial charge in [0.05, 0.1) is 23.8 Å². The van der Waals surface area contributed by atoms with Gasteiger partial charge in [-0.3, -0.25) is 0 Å². The van der Waals surface area contributed by atoms with Crippen molar-refractivity contribution < 1.29 is 32.2 Å². The molecule has 2 aromatic rings. The van der Waals surface area contributed by atoms with E-state index >= 15 is 0 Å². The van der Waals surface area contributed by atoms with Crippen molar-refractivity contribution in [3.63, 3.8) is 0 Å². The maximum absolute atomic E-state index is 12.7. The van der Waals surface area contributed by atoms with Gasteiger partial charge in [-0.2, -0.15) is 13.2 Å². The summed E-state index contributed by atoms with van der Waals surface area (Å²) < 4.78 is 54.1. The minimum absolute atomic E-state index is 0.0218. The topological polar surface area (TPSA) is 44.8 Å². The summed E-state index contributed by atoms with van der Waals surface area (Å²) in [5.74, 6) is 5.44. The van der Waals surface area contributed by atoms with Gasteiger partial charge in [0.15, 0.2) is 10.6 Å². The zero-order chi connectivity index (χ0) is 21.7.